The molecule has 2 unspecified atom stereocenters. The zero-order chi connectivity index (χ0) is 10.5. The smallest absolute Gasteiger partial charge is 0.0488 e. The number of ether oxygens (including phenoxy) is 1. The number of nitrogens with two attached hydrogens (primary N) is 1. The van der Waals surface area contributed by atoms with E-state index in [4.69, 9.17) is 10.6 Å². The predicted molar refractivity (Wildman–Crippen MR) is 56.2 cm³/mol. The molecule has 80 valence electrons. The van der Waals surface area contributed by atoms with Crippen LogP contribution in [-0.4, -0.2) is 19.8 Å². The van der Waals surface area contributed by atoms with Crippen LogP contribution in [0.5, 0.6) is 0 Å². The molecule has 0 aliphatic carbocycles. The van der Waals surface area contributed by atoms with Gasteiger partial charge in [0.05, 0.1) is 0 Å². The fraction of sp³-hybridized carbons (Fsp3) is 1.00. The van der Waals surface area contributed by atoms with Gasteiger partial charge in [-0.2, -0.15) is 0 Å². The Morgan fingerprint density at radius 1 is 1.38 bits per heavy atom. The lowest BCUT2D eigenvalue weighted by Crippen LogP contribution is -2.45. The fourth-order valence-electron chi connectivity index (χ4n) is 1.43. The number of hydrogen-bond acceptors (Lipinski definition) is 3. The summed E-state index contributed by atoms with van der Waals surface area (Å²) in [5.41, 5.74) is 3.08. The van der Waals surface area contributed by atoms with E-state index >= 15 is 0 Å². The van der Waals surface area contributed by atoms with Crippen LogP contribution >= 0.6 is 0 Å². The van der Waals surface area contributed by atoms with E-state index in [9.17, 15) is 0 Å². The SMILES string of the molecule is COCC(C)CC(NN)C(C)(C)C. The molecule has 2 atom stereocenters. The predicted octanol–water partition coefficient (Wildman–Crippen LogP) is 1.54. The van der Waals surface area contributed by atoms with Gasteiger partial charge in [0.1, 0.15) is 0 Å². The van der Waals surface area contributed by atoms with Gasteiger partial charge in [-0.1, -0.05) is 27.7 Å². The third kappa shape index (κ3) is 5.24. The molecule has 0 aliphatic heterocycles. The van der Waals surface area contributed by atoms with Crippen LogP contribution in [0.4, 0.5) is 0 Å². The first-order valence-electron chi connectivity index (χ1n) is 4.87. The Hall–Kier alpha value is -0.120. The van der Waals surface area contributed by atoms with Crippen molar-refractivity contribution in [3.8, 4) is 0 Å². The van der Waals surface area contributed by atoms with Crippen molar-refractivity contribution in [1.82, 2.24) is 5.43 Å². The molecule has 0 fully saturated rings. The van der Waals surface area contributed by atoms with Crippen molar-refractivity contribution >= 4 is 0 Å². The number of methoxy groups -OCH3 is 1. The van der Waals surface area contributed by atoms with Crippen LogP contribution in [0.1, 0.15) is 34.1 Å². The van der Waals surface area contributed by atoms with Crippen molar-refractivity contribution in [2.24, 2.45) is 17.2 Å². The monoisotopic (exact) mass is 188 g/mol. The number of hydrogen-bond donors (Lipinski definition) is 2. The largest absolute Gasteiger partial charge is 0.384 e. The molecule has 0 bridgehead atoms. The molecule has 3 nitrogen and oxygen atoms in total. The van der Waals surface area contributed by atoms with Crippen LogP contribution in [0.15, 0.2) is 0 Å². The van der Waals surface area contributed by atoms with Gasteiger partial charge in [-0.3, -0.25) is 11.3 Å². The number of rotatable bonds is 5. The van der Waals surface area contributed by atoms with Crippen LogP contribution in [0.2, 0.25) is 0 Å². The second kappa shape index (κ2) is 5.58. The van der Waals surface area contributed by atoms with E-state index in [0.29, 0.717) is 12.0 Å². The first kappa shape index (κ1) is 12.9. The lowest BCUT2D eigenvalue weighted by molar-refractivity contribution is 0.133. The molecule has 0 aromatic carbocycles. The molecule has 0 saturated heterocycles. The molecule has 3 heteroatoms. The Morgan fingerprint density at radius 2 is 1.92 bits per heavy atom. The highest BCUT2D eigenvalue weighted by Gasteiger charge is 2.24. The zero-order valence-electron chi connectivity index (χ0n) is 9.55. The highest BCUT2D eigenvalue weighted by Crippen LogP contribution is 2.24. The van der Waals surface area contributed by atoms with E-state index in [-0.39, 0.29) is 5.41 Å². The van der Waals surface area contributed by atoms with Crippen LogP contribution in [0.3, 0.4) is 0 Å². The summed E-state index contributed by atoms with van der Waals surface area (Å²) >= 11 is 0. The zero-order valence-corrected chi connectivity index (χ0v) is 9.55. The molecule has 0 aromatic heterocycles. The van der Waals surface area contributed by atoms with Crippen LogP contribution in [-0.2, 0) is 4.74 Å². The second-order valence-electron chi connectivity index (χ2n) is 4.88. The molecule has 0 aliphatic rings. The molecule has 13 heavy (non-hydrogen) atoms. The molecule has 0 spiro atoms. The Bertz CT molecular complexity index is 131. The highest BCUT2D eigenvalue weighted by atomic mass is 16.5. The summed E-state index contributed by atoms with van der Waals surface area (Å²) in [6.45, 7) is 9.55. The van der Waals surface area contributed by atoms with Crippen molar-refractivity contribution in [3.05, 3.63) is 0 Å². The number of hydrazine groups is 1. The molecule has 0 heterocycles. The van der Waals surface area contributed by atoms with Crippen molar-refractivity contribution in [2.45, 2.75) is 40.2 Å². The molecule has 0 radical (unpaired) electrons. The minimum absolute atomic E-state index is 0.205. The molecular weight excluding hydrogens is 164 g/mol. The average molecular weight is 188 g/mol. The fourth-order valence-corrected chi connectivity index (χ4v) is 1.43. The maximum absolute atomic E-state index is 5.51. The average Bonchev–Trinajstić information content (AvgIpc) is 1.98. The molecule has 0 aromatic rings. The van der Waals surface area contributed by atoms with Gasteiger partial charge in [0.25, 0.3) is 0 Å². The maximum atomic E-state index is 5.51. The normalized spacial score (nSPS) is 17.1. The highest BCUT2D eigenvalue weighted by molar-refractivity contribution is 4.79. The summed E-state index contributed by atoms with van der Waals surface area (Å²) in [4.78, 5) is 0. The van der Waals surface area contributed by atoms with E-state index in [1.807, 2.05) is 0 Å². The minimum atomic E-state index is 0.205. The molecule has 0 rings (SSSR count). The van der Waals surface area contributed by atoms with Gasteiger partial charge in [0, 0.05) is 19.8 Å². The maximum Gasteiger partial charge on any atom is 0.0488 e. The van der Waals surface area contributed by atoms with Gasteiger partial charge < -0.3 is 4.74 Å². The van der Waals surface area contributed by atoms with Gasteiger partial charge in [0.15, 0.2) is 0 Å². The van der Waals surface area contributed by atoms with E-state index in [1.54, 1.807) is 7.11 Å². The second-order valence-corrected chi connectivity index (χ2v) is 4.88. The minimum Gasteiger partial charge on any atom is -0.384 e. The Morgan fingerprint density at radius 3 is 2.23 bits per heavy atom. The van der Waals surface area contributed by atoms with Crippen molar-refractivity contribution in [1.29, 1.82) is 0 Å². The van der Waals surface area contributed by atoms with Crippen LogP contribution in [0, 0.1) is 11.3 Å². The summed E-state index contributed by atoms with van der Waals surface area (Å²) < 4.78 is 5.09. The summed E-state index contributed by atoms with van der Waals surface area (Å²) in [5.74, 6) is 6.06. The van der Waals surface area contributed by atoms with E-state index in [0.717, 1.165) is 13.0 Å². The summed E-state index contributed by atoms with van der Waals surface area (Å²) in [7, 11) is 1.73. The van der Waals surface area contributed by atoms with Crippen molar-refractivity contribution in [3.63, 3.8) is 0 Å². The van der Waals surface area contributed by atoms with E-state index in [2.05, 4.69) is 33.1 Å². The van der Waals surface area contributed by atoms with Gasteiger partial charge in [-0.05, 0) is 17.8 Å². The Labute approximate surface area is 82.0 Å². The topological polar surface area (TPSA) is 47.3 Å². The lowest BCUT2D eigenvalue weighted by Gasteiger charge is -2.31. The Kier molecular flexibility index (Phi) is 5.53. The van der Waals surface area contributed by atoms with Crippen LogP contribution < -0.4 is 11.3 Å². The third-order valence-corrected chi connectivity index (χ3v) is 2.34. The first-order chi connectivity index (χ1) is 5.91. The Balaban J connectivity index is 3.98. The van der Waals surface area contributed by atoms with E-state index < -0.39 is 0 Å². The summed E-state index contributed by atoms with van der Waals surface area (Å²) in [6.07, 6.45) is 1.05. The van der Waals surface area contributed by atoms with Gasteiger partial charge in [-0.15, -0.1) is 0 Å². The van der Waals surface area contributed by atoms with Gasteiger partial charge in [0.2, 0.25) is 0 Å². The third-order valence-electron chi connectivity index (χ3n) is 2.34. The quantitative estimate of drug-likeness (QED) is 0.508. The number of nitrogens with one attached hydrogen (secondary N) is 1. The molecule has 3 N–H and O–H groups in total. The first-order valence-corrected chi connectivity index (χ1v) is 4.87. The molecular formula is C10H24N2O. The van der Waals surface area contributed by atoms with Gasteiger partial charge >= 0.3 is 0 Å². The summed E-state index contributed by atoms with van der Waals surface area (Å²) in [6, 6.07) is 0.345. The summed E-state index contributed by atoms with van der Waals surface area (Å²) in [5, 5.41) is 0. The standard InChI is InChI=1S/C10H24N2O/c1-8(7-13-5)6-9(12-11)10(2,3)4/h8-9,12H,6-7,11H2,1-5H3. The van der Waals surface area contributed by atoms with Crippen molar-refractivity contribution < 1.29 is 4.74 Å². The lowest BCUT2D eigenvalue weighted by atomic mass is 9.82. The molecule has 0 amide bonds. The molecule has 0 saturated carbocycles. The van der Waals surface area contributed by atoms with Crippen molar-refractivity contribution in [2.75, 3.05) is 13.7 Å². The van der Waals surface area contributed by atoms with Crippen LogP contribution in [0.25, 0.3) is 0 Å². The van der Waals surface area contributed by atoms with Gasteiger partial charge in [-0.25, -0.2) is 0 Å². The van der Waals surface area contributed by atoms with E-state index in [1.165, 1.54) is 0 Å².